The van der Waals surface area contributed by atoms with E-state index >= 15 is 0 Å². The third-order valence-electron chi connectivity index (χ3n) is 16.4. The van der Waals surface area contributed by atoms with Crippen molar-refractivity contribution >= 4 is 99.5 Å². The van der Waals surface area contributed by atoms with E-state index in [9.17, 15) is 0 Å². The van der Waals surface area contributed by atoms with Crippen LogP contribution >= 0.6 is 0 Å². The van der Waals surface area contributed by atoms with Crippen LogP contribution < -0.4 is 9.80 Å². The molecule has 80 heavy (non-hydrogen) atoms. The molecule has 0 radical (unpaired) electrons. The molecule has 0 aliphatic rings. The standard InChI is InChI=1S/C76H68N2O2/c1-47(2)69-71-63-41-51-31-35-59(77(57-27-19-13-20-28-57)65-45-55(75(5,6)7)33-37-61(65)49-23-15-11-16-24-49)39-53(51)43-67(63)80-74(71)70(48(3)4)72-64-42-52-32-36-60(40-54(52)44-68(64)79-73(69)72)78(58-29-21-14-22-30-58)66-46-56(76(8,9)10)34-38-62(66)50-25-17-12-18-26-50/h11-48H,1-10H3. The lowest BCUT2D eigenvalue weighted by Gasteiger charge is -2.30. The first-order valence-electron chi connectivity index (χ1n) is 28.4. The van der Waals surface area contributed by atoms with Crippen molar-refractivity contribution in [3.63, 3.8) is 0 Å². The second-order valence-electron chi connectivity index (χ2n) is 24.5. The maximum atomic E-state index is 7.29. The summed E-state index contributed by atoms with van der Waals surface area (Å²) in [6.45, 7) is 22.9. The van der Waals surface area contributed by atoms with Crippen LogP contribution in [0.5, 0.6) is 0 Å². The maximum absolute atomic E-state index is 7.29. The molecular formula is C76H68N2O2. The number of nitrogens with zero attached hydrogens (tertiary/aromatic N) is 2. The van der Waals surface area contributed by atoms with E-state index in [1.54, 1.807) is 0 Å². The Kier molecular flexibility index (Phi) is 12.3. The lowest BCUT2D eigenvalue weighted by atomic mass is 9.85. The molecule has 0 saturated heterocycles. The zero-order valence-electron chi connectivity index (χ0n) is 47.7. The van der Waals surface area contributed by atoms with E-state index in [0.29, 0.717) is 0 Å². The number of rotatable bonds is 10. The van der Waals surface area contributed by atoms with Gasteiger partial charge in [0.25, 0.3) is 0 Å². The van der Waals surface area contributed by atoms with Crippen molar-refractivity contribution in [2.45, 2.75) is 91.9 Å². The molecule has 0 N–H and O–H groups in total. The first-order chi connectivity index (χ1) is 38.6. The van der Waals surface area contributed by atoms with Gasteiger partial charge in [-0.2, -0.15) is 0 Å². The Morgan fingerprint density at radius 1 is 0.338 bits per heavy atom. The van der Waals surface area contributed by atoms with E-state index < -0.39 is 0 Å². The lowest BCUT2D eigenvalue weighted by Crippen LogP contribution is -2.15. The highest BCUT2D eigenvalue weighted by Gasteiger charge is 2.29. The molecule has 11 aromatic carbocycles. The van der Waals surface area contributed by atoms with Crippen molar-refractivity contribution < 1.29 is 8.83 Å². The zero-order chi connectivity index (χ0) is 55.2. The van der Waals surface area contributed by atoms with Gasteiger partial charge in [-0.15, -0.1) is 0 Å². The SMILES string of the molecule is CC(C)c1c2oc3cc4cc(N(c5ccccc5)c5cc(C(C)(C)C)ccc5-c5ccccc5)ccc4cc3c2c(C(C)C)c2oc3cc4cc(N(c5ccccc5)c5cc(C(C)(C)C)ccc5-c5ccccc5)ccc4cc3c12. The van der Waals surface area contributed by atoms with Crippen molar-refractivity contribution in [3.05, 3.63) is 241 Å². The summed E-state index contributed by atoms with van der Waals surface area (Å²) in [4.78, 5) is 4.84. The second kappa shape index (κ2) is 19.5. The third kappa shape index (κ3) is 8.79. The largest absolute Gasteiger partial charge is 0.456 e. The molecule has 0 amide bonds. The Morgan fingerprint density at radius 3 is 1.05 bits per heavy atom. The fourth-order valence-corrected chi connectivity index (χ4v) is 12.3. The second-order valence-corrected chi connectivity index (χ2v) is 24.5. The summed E-state index contributed by atoms with van der Waals surface area (Å²) >= 11 is 0. The minimum atomic E-state index is -0.0448. The highest BCUT2D eigenvalue weighted by Crippen LogP contribution is 2.51. The molecule has 4 nitrogen and oxygen atoms in total. The van der Waals surface area contributed by atoms with E-state index in [1.807, 2.05) is 0 Å². The fraction of sp³-hybridized carbons (Fsp3) is 0.184. The average Bonchev–Trinajstić information content (AvgIpc) is 4.04. The molecule has 2 aromatic heterocycles. The molecular weight excluding hydrogens is 973 g/mol. The molecule has 2 heterocycles. The molecule has 0 saturated carbocycles. The minimum absolute atomic E-state index is 0.0448. The quantitative estimate of drug-likeness (QED) is 0.137. The van der Waals surface area contributed by atoms with Crippen LogP contribution in [-0.2, 0) is 10.8 Å². The maximum Gasteiger partial charge on any atom is 0.140 e. The van der Waals surface area contributed by atoms with Gasteiger partial charge >= 0.3 is 0 Å². The van der Waals surface area contributed by atoms with Gasteiger partial charge in [-0.25, -0.2) is 0 Å². The fourth-order valence-electron chi connectivity index (χ4n) is 12.3. The number of furan rings is 2. The van der Waals surface area contributed by atoms with Crippen LogP contribution in [-0.4, -0.2) is 0 Å². The third-order valence-corrected chi connectivity index (χ3v) is 16.4. The summed E-state index contributed by atoms with van der Waals surface area (Å²) in [5.41, 5.74) is 19.8. The average molecular weight is 1040 g/mol. The van der Waals surface area contributed by atoms with Crippen LogP contribution in [0, 0.1) is 0 Å². The number of benzene rings is 11. The molecule has 13 rings (SSSR count). The van der Waals surface area contributed by atoms with Gasteiger partial charge in [-0.05, 0) is 151 Å². The summed E-state index contributed by atoms with van der Waals surface area (Å²) in [6, 6.07) is 80.0. The summed E-state index contributed by atoms with van der Waals surface area (Å²) in [5.74, 6) is 0.289. The van der Waals surface area contributed by atoms with E-state index in [2.05, 4.69) is 297 Å². The Labute approximate surface area is 470 Å². The highest BCUT2D eigenvalue weighted by molar-refractivity contribution is 6.22. The van der Waals surface area contributed by atoms with Gasteiger partial charge in [-0.1, -0.05) is 203 Å². The molecule has 0 atom stereocenters. The van der Waals surface area contributed by atoms with Crippen LogP contribution in [0.3, 0.4) is 0 Å². The topological polar surface area (TPSA) is 32.8 Å². The van der Waals surface area contributed by atoms with E-state index in [-0.39, 0.29) is 22.7 Å². The lowest BCUT2D eigenvalue weighted by molar-refractivity contribution is 0.590. The molecule has 0 aliphatic heterocycles. The Hall–Kier alpha value is -8.86. The van der Waals surface area contributed by atoms with Crippen molar-refractivity contribution in [1.29, 1.82) is 0 Å². The number of fused-ring (bicyclic) bond motifs is 8. The van der Waals surface area contributed by atoms with Crippen LogP contribution in [0.1, 0.15) is 103 Å². The summed E-state index contributed by atoms with van der Waals surface area (Å²) in [6.07, 6.45) is 0. The smallest absolute Gasteiger partial charge is 0.140 e. The molecule has 394 valence electrons. The molecule has 0 fully saturated rings. The molecule has 0 aliphatic carbocycles. The predicted octanol–water partition coefficient (Wildman–Crippen LogP) is 22.9. The normalized spacial score (nSPS) is 12.3. The summed E-state index contributed by atoms with van der Waals surface area (Å²) in [5, 5.41) is 9.05. The van der Waals surface area contributed by atoms with Gasteiger partial charge in [-0.3, -0.25) is 0 Å². The molecule has 0 bridgehead atoms. The van der Waals surface area contributed by atoms with Gasteiger partial charge in [0.2, 0.25) is 0 Å². The Balaban J connectivity index is 0.983. The van der Waals surface area contributed by atoms with Crippen LogP contribution in [0.4, 0.5) is 34.1 Å². The first kappa shape index (κ1) is 50.6. The van der Waals surface area contributed by atoms with Crippen molar-refractivity contribution in [1.82, 2.24) is 0 Å². The van der Waals surface area contributed by atoms with E-state index in [4.69, 9.17) is 8.83 Å². The van der Waals surface area contributed by atoms with Crippen LogP contribution in [0.2, 0.25) is 0 Å². The minimum Gasteiger partial charge on any atom is -0.456 e. The first-order valence-corrected chi connectivity index (χ1v) is 28.4. The van der Waals surface area contributed by atoms with Crippen molar-refractivity contribution in [2.75, 3.05) is 9.80 Å². The van der Waals surface area contributed by atoms with Crippen LogP contribution in [0.25, 0.3) is 87.7 Å². The number of para-hydroxylation sites is 2. The van der Waals surface area contributed by atoms with Crippen LogP contribution in [0.15, 0.2) is 227 Å². The number of hydrogen-bond donors (Lipinski definition) is 0. The van der Waals surface area contributed by atoms with Gasteiger partial charge in [0, 0.05) is 66.5 Å². The molecule has 0 unspecified atom stereocenters. The van der Waals surface area contributed by atoms with Crippen molar-refractivity contribution in [3.8, 4) is 22.3 Å². The molecule has 0 spiro atoms. The summed E-state index contributed by atoms with van der Waals surface area (Å²) in [7, 11) is 0. The van der Waals surface area contributed by atoms with E-state index in [1.165, 1.54) is 44.5 Å². The van der Waals surface area contributed by atoms with Gasteiger partial charge in [0.15, 0.2) is 0 Å². The Morgan fingerprint density at radius 2 is 0.700 bits per heavy atom. The van der Waals surface area contributed by atoms with Gasteiger partial charge in [0.1, 0.15) is 22.3 Å². The van der Waals surface area contributed by atoms with E-state index in [0.717, 1.165) is 99.5 Å². The van der Waals surface area contributed by atoms with Gasteiger partial charge in [0.05, 0.1) is 11.4 Å². The number of hydrogen-bond acceptors (Lipinski definition) is 4. The molecule has 13 aromatic rings. The van der Waals surface area contributed by atoms with Crippen molar-refractivity contribution in [2.24, 2.45) is 0 Å². The predicted molar refractivity (Wildman–Crippen MR) is 342 cm³/mol. The number of anilines is 6. The monoisotopic (exact) mass is 1040 g/mol. The highest BCUT2D eigenvalue weighted by atomic mass is 16.3. The zero-order valence-corrected chi connectivity index (χ0v) is 47.7. The summed E-state index contributed by atoms with van der Waals surface area (Å²) < 4.78 is 14.6. The molecule has 4 heteroatoms. The van der Waals surface area contributed by atoms with Gasteiger partial charge < -0.3 is 18.6 Å². The Bertz CT molecular complexity index is 4190.